The van der Waals surface area contributed by atoms with Crippen molar-refractivity contribution in [3.63, 3.8) is 0 Å². The number of hydrogen-bond acceptors (Lipinski definition) is 5. The van der Waals surface area contributed by atoms with Gasteiger partial charge in [0.15, 0.2) is 0 Å². The molecule has 0 bridgehead atoms. The Labute approximate surface area is 160 Å². The SMILES string of the molecule is CCS(=O)(=O)N1CCC(C(=O)N2CCN(CCc3cccs3)CC2)CC1. The average molecular weight is 400 g/mol. The number of sulfonamides is 1. The fraction of sp³-hybridized carbons (Fsp3) is 0.722. The van der Waals surface area contributed by atoms with Gasteiger partial charge in [-0.25, -0.2) is 12.7 Å². The summed E-state index contributed by atoms with van der Waals surface area (Å²) in [4.78, 5) is 18.6. The van der Waals surface area contributed by atoms with Crippen molar-refractivity contribution >= 4 is 27.3 Å². The summed E-state index contributed by atoms with van der Waals surface area (Å²) >= 11 is 1.80. The molecule has 3 heterocycles. The minimum absolute atomic E-state index is 0.0176. The molecule has 6 nitrogen and oxygen atoms in total. The van der Waals surface area contributed by atoms with Gasteiger partial charge in [0, 0.05) is 56.6 Å². The topological polar surface area (TPSA) is 60.9 Å². The molecule has 1 aromatic heterocycles. The number of hydrogen-bond donors (Lipinski definition) is 0. The molecule has 1 amide bonds. The number of carbonyl (C=O) groups excluding carboxylic acids is 1. The fourth-order valence-corrected chi connectivity index (χ4v) is 5.57. The van der Waals surface area contributed by atoms with E-state index in [0.29, 0.717) is 25.9 Å². The van der Waals surface area contributed by atoms with E-state index in [4.69, 9.17) is 0 Å². The van der Waals surface area contributed by atoms with E-state index in [1.807, 2.05) is 4.90 Å². The third-order valence-electron chi connectivity index (χ3n) is 5.50. The predicted octanol–water partition coefficient (Wildman–Crippen LogP) is 1.50. The number of piperidine rings is 1. The zero-order valence-electron chi connectivity index (χ0n) is 15.5. The van der Waals surface area contributed by atoms with Crippen molar-refractivity contribution in [1.29, 1.82) is 0 Å². The zero-order chi connectivity index (χ0) is 18.6. The molecule has 0 aliphatic carbocycles. The van der Waals surface area contributed by atoms with Crippen LogP contribution in [0.25, 0.3) is 0 Å². The highest BCUT2D eigenvalue weighted by Gasteiger charge is 2.33. The second-order valence-electron chi connectivity index (χ2n) is 7.07. The standard InChI is InChI=1S/C18H29N3O3S2/c1-2-26(23,24)21-9-5-16(6-10-21)18(22)20-13-11-19(12-14-20)8-7-17-4-3-15-25-17/h3-4,15-16H,2,5-14H2,1H3. The van der Waals surface area contributed by atoms with Crippen molar-refractivity contribution in [3.05, 3.63) is 22.4 Å². The first-order chi connectivity index (χ1) is 12.5. The van der Waals surface area contributed by atoms with Gasteiger partial charge in [0.25, 0.3) is 0 Å². The van der Waals surface area contributed by atoms with Gasteiger partial charge in [-0.05, 0) is 37.6 Å². The van der Waals surface area contributed by atoms with E-state index in [2.05, 4.69) is 22.4 Å². The van der Waals surface area contributed by atoms with Crippen LogP contribution in [-0.4, -0.2) is 80.0 Å². The molecule has 2 saturated heterocycles. The quantitative estimate of drug-likeness (QED) is 0.727. The molecule has 0 unspecified atom stereocenters. The largest absolute Gasteiger partial charge is 0.340 e. The zero-order valence-corrected chi connectivity index (χ0v) is 17.1. The van der Waals surface area contributed by atoms with Crippen LogP contribution in [0.2, 0.25) is 0 Å². The second kappa shape index (κ2) is 8.82. The normalized spacial score (nSPS) is 21.2. The average Bonchev–Trinajstić information content (AvgIpc) is 3.20. The minimum Gasteiger partial charge on any atom is -0.340 e. The van der Waals surface area contributed by atoms with Crippen LogP contribution in [0.4, 0.5) is 0 Å². The molecule has 0 radical (unpaired) electrons. The molecule has 26 heavy (non-hydrogen) atoms. The maximum atomic E-state index is 12.8. The highest BCUT2D eigenvalue weighted by Crippen LogP contribution is 2.22. The van der Waals surface area contributed by atoms with Gasteiger partial charge in [-0.2, -0.15) is 0 Å². The molecule has 8 heteroatoms. The lowest BCUT2D eigenvalue weighted by molar-refractivity contribution is -0.138. The van der Waals surface area contributed by atoms with E-state index in [-0.39, 0.29) is 17.6 Å². The van der Waals surface area contributed by atoms with Crippen molar-refractivity contribution in [3.8, 4) is 0 Å². The second-order valence-corrected chi connectivity index (χ2v) is 10.4. The molecular weight excluding hydrogens is 370 g/mol. The molecular formula is C18H29N3O3S2. The Morgan fingerprint density at radius 3 is 2.42 bits per heavy atom. The Kier molecular flexibility index (Phi) is 6.71. The van der Waals surface area contributed by atoms with Crippen molar-refractivity contribution in [2.45, 2.75) is 26.2 Å². The summed E-state index contributed by atoms with van der Waals surface area (Å²) < 4.78 is 25.4. The van der Waals surface area contributed by atoms with Gasteiger partial charge < -0.3 is 4.90 Å². The third kappa shape index (κ3) is 4.85. The number of piperazine rings is 1. The lowest BCUT2D eigenvalue weighted by Crippen LogP contribution is -2.52. The monoisotopic (exact) mass is 399 g/mol. The van der Waals surface area contributed by atoms with Crippen LogP contribution in [0.3, 0.4) is 0 Å². The number of carbonyl (C=O) groups is 1. The first kappa shape index (κ1) is 19.8. The molecule has 1 aromatic rings. The van der Waals surface area contributed by atoms with E-state index in [1.54, 1.807) is 22.6 Å². The maximum Gasteiger partial charge on any atom is 0.225 e. The molecule has 146 valence electrons. The van der Waals surface area contributed by atoms with Crippen molar-refractivity contribution in [2.24, 2.45) is 5.92 Å². The van der Waals surface area contributed by atoms with Crippen molar-refractivity contribution in [2.75, 3.05) is 51.6 Å². The summed E-state index contributed by atoms with van der Waals surface area (Å²) in [6, 6.07) is 4.27. The summed E-state index contributed by atoms with van der Waals surface area (Å²) in [7, 11) is -3.12. The van der Waals surface area contributed by atoms with Crippen LogP contribution in [0, 0.1) is 5.92 Å². The van der Waals surface area contributed by atoms with Gasteiger partial charge in [0.05, 0.1) is 5.75 Å². The van der Waals surface area contributed by atoms with Crippen LogP contribution < -0.4 is 0 Å². The summed E-state index contributed by atoms with van der Waals surface area (Å²) in [5.41, 5.74) is 0. The molecule has 0 spiro atoms. The molecule has 2 fully saturated rings. The van der Waals surface area contributed by atoms with Crippen LogP contribution in [-0.2, 0) is 21.2 Å². The van der Waals surface area contributed by atoms with Crippen molar-refractivity contribution < 1.29 is 13.2 Å². The van der Waals surface area contributed by atoms with Crippen molar-refractivity contribution in [1.82, 2.24) is 14.1 Å². The number of nitrogens with zero attached hydrogens (tertiary/aromatic N) is 3. The highest BCUT2D eigenvalue weighted by atomic mass is 32.2. The molecule has 0 N–H and O–H groups in total. The van der Waals surface area contributed by atoms with E-state index < -0.39 is 10.0 Å². The third-order valence-corrected chi connectivity index (χ3v) is 8.32. The van der Waals surface area contributed by atoms with Gasteiger partial charge in [0.1, 0.15) is 0 Å². The number of amides is 1. The van der Waals surface area contributed by atoms with Crippen LogP contribution in [0.5, 0.6) is 0 Å². The van der Waals surface area contributed by atoms with Gasteiger partial charge in [-0.1, -0.05) is 6.07 Å². The number of thiophene rings is 1. The highest BCUT2D eigenvalue weighted by molar-refractivity contribution is 7.89. The van der Waals surface area contributed by atoms with Gasteiger partial charge in [-0.15, -0.1) is 11.3 Å². The molecule has 2 aliphatic rings. The van der Waals surface area contributed by atoms with E-state index in [9.17, 15) is 13.2 Å². The first-order valence-corrected chi connectivity index (χ1v) is 12.0. The first-order valence-electron chi connectivity index (χ1n) is 9.51. The Morgan fingerprint density at radius 1 is 1.15 bits per heavy atom. The minimum atomic E-state index is -3.12. The van der Waals surface area contributed by atoms with Crippen LogP contribution >= 0.6 is 11.3 Å². The Morgan fingerprint density at radius 2 is 1.85 bits per heavy atom. The van der Waals surface area contributed by atoms with Gasteiger partial charge >= 0.3 is 0 Å². The van der Waals surface area contributed by atoms with E-state index >= 15 is 0 Å². The van der Waals surface area contributed by atoms with E-state index in [1.165, 1.54) is 4.88 Å². The van der Waals surface area contributed by atoms with Gasteiger partial charge in [0.2, 0.25) is 15.9 Å². The van der Waals surface area contributed by atoms with Gasteiger partial charge in [-0.3, -0.25) is 9.69 Å². The Hall–Kier alpha value is -0.960. The summed E-state index contributed by atoms with van der Waals surface area (Å²) in [5.74, 6) is 0.339. The fourth-order valence-electron chi connectivity index (χ4n) is 3.74. The molecule has 2 aliphatic heterocycles. The lowest BCUT2D eigenvalue weighted by atomic mass is 9.96. The predicted molar refractivity (Wildman–Crippen MR) is 105 cm³/mol. The van der Waals surface area contributed by atoms with Crippen LogP contribution in [0.1, 0.15) is 24.6 Å². The molecule has 0 saturated carbocycles. The Bertz CT molecular complexity index is 675. The van der Waals surface area contributed by atoms with Crippen LogP contribution in [0.15, 0.2) is 17.5 Å². The van der Waals surface area contributed by atoms with E-state index in [0.717, 1.165) is 39.1 Å². The summed E-state index contributed by atoms with van der Waals surface area (Å²) in [5, 5.41) is 2.11. The molecule has 0 aromatic carbocycles. The Balaban J connectivity index is 1.41. The smallest absolute Gasteiger partial charge is 0.225 e. The number of rotatable bonds is 6. The summed E-state index contributed by atoms with van der Waals surface area (Å²) in [6.45, 7) is 7.12. The maximum absolute atomic E-state index is 12.8. The molecule has 0 atom stereocenters. The lowest BCUT2D eigenvalue weighted by Gasteiger charge is -2.38. The molecule has 3 rings (SSSR count). The summed E-state index contributed by atoms with van der Waals surface area (Å²) in [6.07, 6.45) is 2.38.